The van der Waals surface area contributed by atoms with E-state index in [0.29, 0.717) is 6.42 Å². The second-order valence-corrected chi connectivity index (χ2v) is 10.7. The van der Waals surface area contributed by atoms with E-state index in [1.165, 1.54) is 59.7 Å². The summed E-state index contributed by atoms with van der Waals surface area (Å²) in [6.07, 6.45) is 11.1. The molecule has 0 aliphatic carbocycles. The molecule has 0 aromatic heterocycles. The second kappa shape index (κ2) is 13.9. The summed E-state index contributed by atoms with van der Waals surface area (Å²) in [6, 6.07) is 17.4. The van der Waals surface area contributed by atoms with E-state index in [2.05, 4.69) is 53.4 Å². The molecule has 0 atom stereocenters. The first-order chi connectivity index (χ1) is 14.5. The van der Waals surface area contributed by atoms with Crippen molar-refractivity contribution in [1.29, 1.82) is 0 Å². The van der Waals surface area contributed by atoms with Crippen molar-refractivity contribution in [2.24, 2.45) is 0 Å². The third kappa shape index (κ3) is 9.10. The van der Waals surface area contributed by atoms with E-state index in [4.69, 9.17) is 4.55 Å². The number of para-hydroxylation sites is 2. The average Bonchev–Trinajstić information content (AvgIpc) is 2.73. The van der Waals surface area contributed by atoms with Gasteiger partial charge in [-0.1, -0.05) is 87.4 Å². The average molecular weight is 471 g/mol. The molecule has 1 heterocycles. The molecule has 0 unspecified atom stereocenters. The normalized spacial score (nSPS) is 12.7. The molecule has 1 radical (unpaired) electrons. The summed E-state index contributed by atoms with van der Waals surface area (Å²) in [5, 5.41) is 0. The number of fused-ring (bicyclic) bond motifs is 2. The minimum absolute atomic E-state index is 0. The van der Waals surface area contributed by atoms with Crippen LogP contribution >= 0.6 is 11.8 Å². The minimum atomic E-state index is -3.78. The maximum atomic E-state index is 10.7. The fourth-order valence-electron chi connectivity index (χ4n) is 3.99. The van der Waals surface area contributed by atoms with Gasteiger partial charge in [0.1, 0.15) is 0 Å². The van der Waals surface area contributed by atoms with Gasteiger partial charge in [-0.15, -0.1) is 0 Å². The van der Waals surface area contributed by atoms with Crippen molar-refractivity contribution in [2.75, 3.05) is 17.2 Å². The van der Waals surface area contributed by atoms with Crippen LogP contribution in [0.1, 0.15) is 64.2 Å². The van der Waals surface area contributed by atoms with E-state index in [9.17, 15) is 8.42 Å². The standard InChI is InChI=1S/C24H33NO3S2.Na/c26-30(27,28)20-14-8-6-4-2-1-3-5-7-13-19-25-21-15-9-11-17-23(21)29-24-18-12-10-16-22(24)25;/h9-12,15-18H,1-8,13-14,19-20H2,(H,26,27,28);. The third-order valence-corrected chi connectivity index (χ3v) is 7.50. The predicted octanol–water partition coefficient (Wildman–Crippen LogP) is 6.70. The molecule has 165 valence electrons. The molecule has 3 rings (SSSR count). The Kier molecular flexibility index (Phi) is 12.0. The van der Waals surface area contributed by atoms with Crippen molar-refractivity contribution in [3.63, 3.8) is 0 Å². The quantitative estimate of drug-likeness (QED) is 0.201. The van der Waals surface area contributed by atoms with Crippen LogP contribution in [0.2, 0.25) is 0 Å². The zero-order chi connectivity index (χ0) is 21.2. The molecule has 2 aromatic carbocycles. The Morgan fingerprint density at radius 3 is 1.58 bits per heavy atom. The maximum absolute atomic E-state index is 10.7. The van der Waals surface area contributed by atoms with Gasteiger partial charge in [0.25, 0.3) is 10.1 Å². The van der Waals surface area contributed by atoms with Gasteiger partial charge in [-0.25, -0.2) is 0 Å². The molecule has 31 heavy (non-hydrogen) atoms. The topological polar surface area (TPSA) is 57.6 Å². The molecule has 1 aliphatic rings. The number of rotatable bonds is 13. The van der Waals surface area contributed by atoms with E-state index in [0.717, 1.165) is 25.8 Å². The summed E-state index contributed by atoms with van der Waals surface area (Å²) < 4.78 is 30.0. The van der Waals surface area contributed by atoms with Crippen molar-refractivity contribution in [2.45, 2.75) is 74.0 Å². The van der Waals surface area contributed by atoms with Crippen molar-refractivity contribution >= 4 is 62.8 Å². The summed E-state index contributed by atoms with van der Waals surface area (Å²) in [7, 11) is -3.78. The van der Waals surface area contributed by atoms with Gasteiger partial charge in [0.2, 0.25) is 0 Å². The van der Waals surface area contributed by atoms with E-state index in [1.807, 2.05) is 11.8 Å². The minimum Gasteiger partial charge on any atom is -0.340 e. The molecule has 7 heteroatoms. The van der Waals surface area contributed by atoms with Crippen molar-refractivity contribution in [3.05, 3.63) is 48.5 Å². The van der Waals surface area contributed by atoms with Crippen molar-refractivity contribution in [3.8, 4) is 0 Å². The SMILES string of the molecule is O=S(=O)(O)CCCCCCCCCCCCN1c2ccccc2Sc2ccccc21.[Na]. The molecule has 0 saturated carbocycles. The van der Waals surface area contributed by atoms with Gasteiger partial charge in [0.05, 0.1) is 17.1 Å². The van der Waals surface area contributed by atoms with Crippen LogP contribution in [0.5, 0.6) is 0 Å². The Balaban J connectivity index is 0.00000341. The first-order valence-electron chi connectivity index (χ1n) is 11.1. The molecular formula is C24H33NNaO3S2. The maximum Gasteiger partial charge on any atom is 0.264 e. The number of hydrogen-bond acceptors (Lipinski definition) is 4. The van der Waals surface area contributed by atoms with Crippen LogP contribution in [0.15, 0.2) is 58.3 Å². The van der Waals surface area contributed by atoms with Gasteiger partial charge in [-0.3, -0.25) is 4.55 Å². The molecule has 0 saturated heterocycles. The summed E-state index contributed by atoms with van der Waals surface area (Å²) in [5.41, 5.74) is 2.66. The van der Waals surface area contributed by atoms with Crippen LogP contribution in [0, 0.1) is 0 Å². The van der Waals surface area contributed by atoms with Gasteiger partial charge >= 0.3 is 0 Å². The van der Waals surface area contributed by atoms with Gasteiger partial charge < -0.3 is 4.90 Å². The summed E-state index contributed by atoms with van der Waals surface area (Å²) in [6.45, 7) is 1.06. The van der Waals surface area contributed by atoms with Crippen LogP contribution in [0.25, 0.3) is 0 Å². The molecule has 1 aliphatic heterocycles. The van der Waals surface area contributed by atoms with Gasteiger partial charge in [-0.05, 0) is 37.1 Å². The smallest absolute Gasteiger partial charge is 0.264 e. The first-order valence-corrected chi connectivity index (χ1v) is 13.6. The number of hydrogen-bond donors (Lipinski definition) is 1. The van der Waals surface area contributed by atoms with E-state index < -0.39 is 10.1 Å². The number of unbranched alkanes of at least 4 members (excludes halogenated alkanes) is 9. The van der Waals surface area contributed by atoms with Crippen LogP contribution in [-0.2, 0) is 10.1 Å². The third-order valence-electron chi connectivity index (χ3n) is 5.57. The van der Waals surface area contributed by atoms with Crippen LogP contribution in [0.3, 0.4) is 0 Å². The van der Waals surface area contributed by atoms with E-state index >= 15 is 0 Å². The van der Waals surface area contributed by atoms with E-state index in [1.54, 1.807) is 0 Å². The Morgan fingerprint density at radius 2 is 1.10 bits per heavy atom. The van der Waals surface area contributed by atoms with Crippen molar-refractivity contribution < 1.29 is 13.0 Å². The molecular weight excluding hydrogens is 437 g/mol. The molecule has 0 fully saturated rings. The Labute approximate surface area is 214 Å². The second-order valence-electron chi connectivity index (χ2n) is 8.01. The molecule has 0 amide bonds. The first kappa shape index (κ1) is 26.7. The fourth-order valence-corrected chi connectivity index (χ4v) is 5.66. The molecule has 0 spiro atoms. The van der Waals surface area contributed by atoms with Gasteiger partial charge in [0.15, 0.2) is 0 Å². The summed E-state index contributed by atoms with van der Waals surface area (Å²) >= 11 is 1.86. The van der Waals surface area contributed by atoms with Crippen molar-refractivity contribution in [1.82, 2.24) is 0 Å². The number of nitrogens with zero attached hydrogens (tertiary/aromatic N) is 1. The van der Waals surface area contributed by atoms with Gasteiger partial charge in [-0.2, -0.15) is 8.42 Å². The largest absolute Gasteiger partial charge is 0.340 e. The predicted molar refractivity (Wildman–Crippen MR) is 132 cm³/mol. The van der Waals surface area contributed by atoms with E-state index in [-0.39, 0.29) is 35.3 Å². The van der Waals surface area contributed by atoms with Gasteiger partial charge in [0, 0.05) is 45.9 Å². The fraction of sp³-hybridized carbons (Fsp3) is 0.500. The summed E-state index contributed by atoms with van der Waals surface area (Å²) in [5.74, 6) is -0.0995. The van der Waals surface area contributed by atoms with Crippen LogP contribution in [0.4, 0.5) is 11.4 Å². The number of anilines is 2. The molecule has 1 N–H and O–H groups in total. The monoisotopic (exact) mass is 470 g/mol. The zero-order valence-corrected chi connectivity index (χ0v) is 22.3. The Hall–Kier alpha value is -0.500. The zero-order valence-electron chi connectivity index (χ0n) is 18.6. The molecule has 2 aromatic rings. The summed E-state index contributed by atoms with van der Waals surface area (Å²) in [4.78, 5) is 5.16. The Bertz CT molecular complexity index is 860. The molecule has 4 nitrogen and oxygen atoms in total. The molecule has 0 bridgehead atoms. The van der Waals surface area contributed by atoms with Crippen LogP contribution in [-0.4, -0.2) is 54.8 Å². The van der Waals surface area contributed by atoms with Crippen LogP contribution < -0.4 is 4.90 Å². The number of benzene rings is 2. The Morgan fingerprint density at radius 1 is 0.677 bits per heavy atom.